The molecule has 1 heteroatoms. The van der Waals surface area contributed by atoms with Crippen molar-refractivity contribution in [1.82, 2.24) is 0 Å². The Balaban J connectivity index is 0.000000132. The number of hydrogen-bond donors (Lipinski definition) is 0. The van der Waals surface area contributed by atoms with Gasteiger partial charge >= 0.3 is 0 Å². The maximum atomic E-state index is 5.82. The zero-order chi connectivity index (χ0) is 9.36. The number of hydrogen-bond acceptors (Lipinski definition) is 0. The van der Waals surface area contributed by atoms with Crippen LogP contribution in [0.4, 0.5) is 0 Å². The van der Waals surface area contributed by atoms with Gasteiger partial charge in [0.05, 0.1) is 0 Å². The molecule has 1 aromatic carbocycles. The lowest BCUT2D eigenvalue weighted by Gasteiger charge is -2.13. The van der Waals surface area contributed by atoms with Crippen molar-refractivity contribution in [3.63, 3.8) is 0 Å². The van der Waals surface area contributed by atoms with Crippen LogP contribution in [0.2, 0.25) is 0 Å². The lowest BCUT2D eigenvalue weighted by Crippen LogP contribution is -2.03. The van der Waals surface area contributed by atoms with Crippen LogP contribution >= 0.6 is 11.6 Å². The normalized spacial score (nSPS) is 17.3. The summed E-state index contributed by atoms with van der Waals surface area (Å²) in [6, 6.07) is 12.0. The maximum absolute atomic E-state index is 5.82. The molecule has 0 heterocycles. The van der Waals surface area contributed by atoms with Crippen LogP contribution in [-0.2, 0) is 0 Å². The fourth-order valence-electron chi connectivity index (χ4n) is 1.44. The molecule has 0 radical (unpaired) electrons. The Hall–Kier alpha value is -0.490. The van der Waals surface area contributed by atoms with Gasteiger partial charge in [0.1, 0.15) is 0 Å². The molecule has 0 spiro atoms. The minimum Gasteiger partial charge on any atom is -0.123 e. The highest BCUT2D eigenvalue weighted by Gasteiger charge is 2.08. The number of benzene rings is 1. The second kappa shape index (κ2) is 6.97. The van der Waals surface area contributed by atoms with Crippen LogP contribution in [0.1, 0.15) is 32.1 Å². The summed E-state index contributed by atoms with van der Waals surface area (Å²) in [5.41, 5.74) is 0. The molecular formula is C12H17Cl. The van der Waals surface area contributed by atoms with E-state index >= 15 is 0 Å². The van der Waals surface area contributed by atoms with E-state index in [0.717, 1.165) is 0 Å². The molecular weight excluding hydrogens is 180 g/mol. The van der Waals surface area contributed by atoms with E-state index in [2.05, 4.69) is 0 Å². The highest BCUT2D eigenvalue weighted by molar-refractivity contribution is 6.20. The highest BCUT2D eigenvalue weighted by atomic mass is 35.5. The molecule has 1 aliphatic carbocycles. The smallest absolute Gasteiger partial charge is 0.0336 e. The van der Waals surface area contributed by atoms with E-state index in [0.29, 0.717) is 5.38 Å². The summed E-state index contributed by atoms with van der Waals surface area (Å²) in [5, 5.41) is 0.508. The van der Waals surface area contributed by atoms with Crippen LogP contribution in [0.3, 0.4) is 0 Å². The molecule has 0 unspecified atom stereocenters. The molecule has 13 heavy (non-hydrogen) atoms. The predicted molar refractivity (Wildman–Crippen MR) is 59.2 cm³/mol. The van der Waals surface area contributed by atoms with Crippen molar-refractivity contribution in [2.45, 2.75) is 37.5 Å². The van der Waals surface area contributed by atoms with Crippen LogP contribution in [0.5, 0.6) is 0 Å². The first-order chi connectivity index (χ1) is 6.39. The van der Waals surface area contributed by atoms with Crippen molar-refractivity contribution in [2.75, 3.05) is 0 Å². The second-order valence-electron chi connectivity index (χ2n) is 3.39. The van der Waals surface area contributed by atoms with E-state index in [1.807, 2.05) is 36.4 Å². The van der Waals surface area contributed by atoms with Gasteiger partial charge in [0.25, 0.3) is 0 Å². The first-order valence-electron chi connectivity index (χ1n) is 5.03. The van der Waals surface area contributed by atoms with Crippen LogP contribution in [-0.4, -0.2) is 5.38 Å². The molecule has 0 N–H and O–H groups in total. The summed E-state index contributed by atoms with van der Waals surface area (Å²) < 4.78 is 0. The van der Waals surface area contributed by atoms with E-state index in [-0.39, 0.29) is 0 Å². The Bertz CT molecular complexity index is 163. The van der Waals surface area contributed by atoms with E-state index in [4.69, 9.17) is 11.6 Å². The van der Waals surface area contributed by atoms with Gasteiger partial charge < -0.3 is 0 Å². The van der Waals surface area contributed by atoms with Crippen molar-refractivity contribution in [1.29, 1.82) is 0 Å². The van der Waals surface area contributed by atoms with Gasteiger partial charge in [0.2, 0.25) is 0 Å². The average Bonchev–Trinajstić information content (AvgIpc) is 2.22. The van der Waals surface area contributed by atoms with Crippen molar-refractivity contribution in [3.05, 3.63) is 36.4 Å². The lowest BCUT2D eigenvalue weighted by atomic mass is 10.0. The lowest BCUT2D eigenvalue weighted by molar-refractivity contribution is 0.511. The van der Waals surface area contributed by atoms with E-state index in [1.165, 1.54) is 32.1 Å². The largest absolute Gasteiger partial charge is 0.123 e. The molecule has 1 fully saturated rings. The summed E-state index contributed by atoms with van der Waals surface area (Å²) in [6.45, 7) is 0. The third-order valence-corrected chi connectivity index (χ3v) is 2.64. The van der Waals surface area contributed by atoms with Crippen LogP contribution in [0.15, 0.2) is 36.4 Å². The van der Waals surface area contributed by atoms with Gasteiger partial charge in [0, 0.05) is 5.38 Å². The predicted octanol–water partition coefficient (Wildman–Crippen LogP) is 4.24. The molecule has 0 aliphatic heterocycles. The molecule has 0 aromatic heterocycles. The minimum absolute atomic E-state index is 0.508. The average molecular weight is 197 g/mol. The molecule has 1 aliphatic rings. The van der Waals surface area contributed by atoms with Crippen LogP contribution in [0.25, 0.3) is 0 Å². The van der Waals surface area contributed by atoms with Crippen LogP contribution < -0.4 is 0 Å². The molecule has 0 amide bonds. The SMILES string of the molecule is ClC1CCCCC1.c1ccccc1. The first-order valence-corrected chi connectivity index (χ1v) is 5.47. The number of alkyl halides is 1. The molecule has 72 valence electrons. The summed E-state index contributed by atoms with van der Waals surface area (Å²) in [6.07, 6.45) is 6.62. The molecule has 0 nitrogen and oxygen atoms in total. The number of halogens is 1. The van der Waals surface area contributed by atoms with Crippen molar-refractivity contribution in [2.24, 2.45) is 0 Å². The van der Waals surface area contributed by atoms with Gasteiger partial charge in [-0.2, -0.15) is 0 Å². The Morgan fingerprint density at radius 2 is 1.08 bits per heavy atom. The summed E-state index contributed by atoms with van der Waals surface area (Å²) >= 11 is 5.82. The summed E-state index contributed by atoms with van der Waals surface area (Å²) in [4.78, 5) is 0. The van der Waals surface area contributed by atoms with Gasteiger partial charge in [-0.05, 0) is 12.8 Å². The topological polar surface area (TPSA) is 0 Å². The van der Waals surface area contributed by atoms with Crippen LogP contribution in [0, 0.1) is 0 Å². The van der Waals surface area contributed by atoms with Crippen molar-refractivity contribution in [3.8, 4) is 0 Å². The Labute approximate surface area is 85.9 Å². The van der Waals surface area contributed by atoms with Gasteiger partial charge in [-0.25, -0.2) is 0 Å². The zero-order valence-corrected chi connectivity index (χ0v) is 8.71. The molecule has 0 saturated heterocycles. The van der Waals surface area contributed by atoms with E-state index in [1.54, 1.807) is 0 Å². The monoisotopic (exact) mass is 196 g/mol. The molecule has 2 rings (SSSR count). The van der Waals surface area contributed by atoms with E-state index < -0.39 is 0 Å². The molecule has 1 saturated carbocycles. The Morgan fingerprint density at radius 3 is 1.31 bits per heavy atom. The third kappa shape index (κ3) is 5.70. The van der Waals surface area contributed by atoms with Gasteiger partial charge in [-0.1, -0.05) is 55.7 Å². The highest BCUT2D eigenvalue weighted by Crippen LogP contribution is 2.21. The summed E-state index contributed by atoms with van der Waals surface area (Å²) in [5.74, 6) is 0. The Morgan fingerprint density at radius 1 is 0.692 bits per heavy atom. The Kier molecular flexibility index (Phi) is 5.67. The maximum Gasteiger partial charge on any atom is 0.0336 e. The van der Waals surface area contributed by atoms with Gasteiger partial charge in [-0.3, -0.25) is 0 Å². The fraction of sp³-hybridized carbons (Fsp3) is 0.500. The van der Waals surface area contributed by atoms with Crippen molar-refractivity contribution >= 4 is 11.6 Å². The van der Waals surface area contributed by atoms with Crippen molar-refractivity contribution < 1.29 is 0 Å². The zero-order valence-electron chi connectivity index (χ0n) is 7.95. The second-order valence-corrected chi connectivity index (χ2v) is 4.01. The number of rotatable bonds is 0. The fourth-order valence-corrected chi connectivity index (χ4v) is 1.75. The standard InChI is InChI=1S/C6H11Cl.C6H6/c7-6-4-2-1-3-5-6;1-2-4-6-5-3-1/h6H,1-5H2;1-6H. The first kappa shape index (κ1) is 10.6. The van der Waals surface area contributed by atoms with Gasteiger partial charge in [-0.15, -0.1) is 11.6 Å². The summed E-state index contributed by atoms with van der Waals surface area (Å²) in [7, 11) is 0. The third-order valence-electron chi connectivity index (χ3n) is 2.20. The molecule has 0 atom stereocenters. The quantitative estimate of drug-likeness (QED) is 0.545. The molecule has 0 bridgehead atoms. The minimum atomic E-state index is 0.508. The van der Waals surface area contributed by atoms with E-state index in [9.17, 15) is 0 Å². The molecule has 1 aromatic rings. The van der Waals surface area contributed by atoms with Gasteiger partial charge in [0.15, 0.2) is 0 Å².